The van der Waals surface area contributed by atoms with E-state index in [1.54, 1.807) is 12.1 Å². The Bertz CT molecular complexity index is 1460. The van der Waals surface area contributed by atoms with Gasteiger partial charge in [-0.1, -0.05) is 44.2 Å². The fourth-order valence-electron chi connectivity index (χ4n) is 8.95. The number of likely N-dealkylation sites (N-methyl/N-ethyl adjacent to an activating group) is 1. The summed E-state index contributed by atoms with van der Waals surface area (Å²) in [4.78, 5) is 84.5. The normalized spacial score (nSPS) is 35.1. The number of aromatic hydroxyl groups is 1. The Balaban J connectivity index is 1.55. The van der Waals surface area contributed by atoms with Gasteiger partial charge in [-0.3, -0.25) is 33.7 Å². The maximum Gasteiger partial charge on any atom is 0.309 e. The molecule has 5 aliphatic rings. The van der Waals surface area contributed by atoms with Crippen LogP contribution in [0.3, 0.4) is 0 Å². The summed E-state index contributed by atoms with van der Waals surface area (Å²) in [6.45, 7) is 0.00388. The molecule has 0 saturated heterocycles. The van der Waals surface area contributed by atoms with Crippen LogP contribution in [-0.2, 0) is 33.4 Å². The van der Waals surface area contributed by atoms with Gasteiger partial charge in [0.15, 0.2) is 34.7 Å². The molecule has 1 amide bonds. The first-order valence-corrected chi connectivity index (χ1v) is 16.4. The monoisotopic (exact) mass is 638 g/mol. The molecule has 0 spiro atoms. The van der Waals surface area contributed by atoms with Gasteiger partial charge in [-0.15, -0.1) is 0 Å². The molecule has 8 unspecified atom stereocenters. The quantitative estimate of drug-likeness (QED) is 0.290. The number of fused-ring (bicyclic) bond motifs is 3. The molecule has 248 valence electrons. The second-order valence-electron chi connectivity index (χ2n) is 13.9. The van der Waals surface area contributed by atoms with Gasteiger partial charge in [0, 0.05) is 11.8 Å². The highest BCUT2D eigenvalue weighted by Gasteiger charge is 2.74. The van der Waals surface area contributed by atoms with Crippen LogP contribution in [0.15, 0.2) is 18.2 Å². The molecule has 12 heteroatoms. The Labute approximate surface area is 267 Å². The smallest absolute Gasteiger partial charge is 0.309 e. The number of phenols is 1. The maximum atomic E-state index is 14.6. The van der Waals surface area contributed by atoms with Crippen LogP contribution in [0.2, 0.25) is 0 Å². The molecule has 12 nitrogen and oxygen atoms in total. The molecule has 4 saturated carbocycles. The van der Waals surface area contributed by atoms with Crippen LogP contribution in [0.4, 0.5) is 0 Å². The van der Waals surface area contributed by atoms with Gasteiger partial charge in [0.2, 0.25) is 5.91 Å². The number of esters is 1. The van der Waals surface area contributed by atoms with Gasteiger partial charge in [-0.2, -0.15) is 0 Å². The number of phenolic OH excluding ortho intramolecular Hbond substituents is 1. The third-order valence-electron chi connectivity index (χ3n) is 11.1. The van der Waals surface area contributed by atoms with Crippen LogP contribution in [0.25, 0.3) is 0 Å². The number of Topliss-reactive ketones (excluding diaryl/α,β-unsaturated/α-hetero) is 4. The molecular formula is C34H42N2O10. The lowest BCUT2D eigenvalue weighted by molar-refractivity contribution is -0.208. The standard InChI is InChI=1S/C34H42N2O10/c1-36(2)26-25-29(46-33(43)16-9-4-3-5-10-16)22-19(15-45-17-11-6-7-12-17)18-13-8-14-20(37)21(18)27(38)23(22)30(40)34(25,44)31(41)24(28(26)39)32(35)42/h8,13-14,16-17,19,22-26,29,37,44H,3-7,9-12,15H2,1-2H3,(H2,35,42). The highest BCUT2D eigenvalue weighted by molar-refractivity contribution is 6.32. The second kappa shape index (κ2) is 12.3. The van der Waals surface area contributed by atoms with Crippen molar-refractivity contribution in [1.29, 1.82) is 0 Å². The van der Waals surface area contributed by atoms with Gasteiger partial charge < -0.3 is 25.4 Å². The van der Waals surface area contributed by atoms with Gasteiger partial charge in [0.25, 0.3) is 0 Å². The molecule has 4 N–H and O–H groups in total. The van der Waals surface area contributed by atoms with Crippen molar-refractivity contribution in [1.82, 2.24) is 4.90 Å². The van der Waals surface area contributed by atoms with E-state index in [1.165, 1.54) is 25.1 Å². The summed E-state index contributed by atoms with van der Waals surface area (Å²) in [5.74, 6) is -14.6. The predicted octanol–water partition coefficient (Wildman–Crippen LogP) is 1.47. The Morgan fingerprint density at radius 1 is 0.978 bits per heavy atom. The summed E-state index contributed by atoms with van der Waals surface area (Å²) >= 11 is 0. The van der Waals surface area contributed by atoms with E-state index in [9.17, 15) is 39.0 Å². The molecule has 0 aromatic heterocycles. The minimum atomic E-state index is -3.06. The lowest BCUT2D eigenvalue weighted by Crippen LogP contribution is -2.78. The highest BCUT2D eigenvalue weighted by Crippen LogP contribution is 2.56. The van der Waals surface area contributed by atoms with Gasteiger partial charge in [-0.05, 0) is 51.4 Å². The Morgan fingerprint density at radius 3 is 2.26 bits per heavy atom. The molecule has 8 atom stereocenters. The zero-order valence-corrected chi connectivity index (χ0v) is 26.2. The molecule has 0 bridgehead atoms. The van der Waals surface area contributed by atoms with Crippen molar-refractivity contribution in [2.75, 3.05) is 20.7 Å². The van der Waals surface area contributed by atoms with E-state index in [-0.39, 0.29) is 24.0 Å². The van der Waals surface area contributed by atoms with Crippen molar-refractivity contribution in [3.63, 3.8) is 0 Å². The largest absolute Gasteiger partial charge is 0.507 e. The molecule has 0 radical (unpaired) electrons. The van der Waals surface area contributed by atoms with E-state index in [2.05, 4.69) is 0 Å². The van der Waals surface area contributed by atoms with Gasteiger partial charge in [0.05, 0.1) is 42.1 Å². The molecule has 5 aliphatic carbocycles. The number of ketones is 4. The first-order chi connectivity index (χ1) is 21.9. The van der Waals surface area contributed by atoms with Crippen LogP contribution in [0, 0.1) is 29.6 Å². The molecule has 1 aromatic carbocycles. The number of hydrogen-bond acceptors (Lipinski definition) is 11. The van der Waals surface area contributed by atoms with E-state index in [0.717, 1.165) is 44.9 Å². The average Bonchev–Trinajstić information content (AvgIpc) is 3.54. The van der Waals surface area contributed by atoms with Crippen LogP contribution in [0.1, 0.15) is 79.6 Å². The number of carbonyl (C=O) groups excluding carboxylic acids is 6. The van der Waals surface area contributed by atoms with Gasteiger partial charge in [-0.25, -0.2) is 0 Å². The van der Waals surface area contributed by atoms with Gasteiger partial charge >= 0.3 is 5.97 Å². The lowest BCUT2D eigenvalue weighted by Gasteiger charge is -2.57. The number of aliphatic hydroxyl groups is 1. The summed E-state index contributed by atoms with van der Waals surface area (Å²) in [6.07, 6.45) is 5.79. The van der Waals surface area contributed by atoms with Gasteiger partial charge in [0.1, 0.15) is 11.9 Å². The molecule has 6 rings (SSSR count). The predicted molar refractivity (Wildman–Crippen MR) is 160 cm³/mol. The Kier molecular flexibility index (Phi) is 8.66. The number of nitrogens with two attached hydrogens (primary N) is 1. The number of ether oxygens (including phenoxy) is 2. The molecule has 4 fully saturated rings. The number of primary amides is 1. The maximum absolute atomic E-state index is 14.6. The molecule has 46 heavy (non-hydrogen) atoms. The van der Waals surface area contributed by atoms with E-state index in [1.807, 2.05) is 0 Å². The van der Waals surface area contributed by atoms with Crippen LogP contribution >= 0.6 is 0 Å². The zero-order chi connectivity index (χ0) is 33.1. The zero-order valence-electron chi connectivity index (χ0n) is 26.2. The van der Waals surface area contributed by atoms with E-state index in [0.29, 0.717) is 18.4 Å². The molecule has 1 aromatic rings. The minimum Gasteiger partial charge on any atom is -0.507 e. The number of nitrogens with zero attached hydrogens (tertiary/aromatic N) is 1. The van der Waals surface area contributed by atoms with E-state index in [4.69, 9.17) is 15.2 Å². The topological polar surface area (TPSA) is 191 Å². The number of benzene rings is 1. The van der Waals surface area contributed by atoms with E-state index < -0.39 is 88.3 Å². The van der Waals surface area contributed by atoms with Crippen molar-refractivity contribution in [2.24, 2.45) is 35.3 Å². The minimum absolute atomic E-state index is 0.00388. The second-order valence-corrected chi connectivity index (χ2v) is 13.9. The summed E-state index contributed by atoms with van der Waals surface area (Å²) in [5.41, 5.74) is 2.69. The average molecular weight is 639 g/mol. The van der Waals surface area contributed by atoms with Crippen LogP contribution in [-0.4, -0.2) is 94.7 Å². The van der Waals surface area contributed by atoms with Crippen molar-refractivity contribution >= 4 is 35.0 Å². The van der Waals surface area contributed by atoms with Crippen LogP contribution in [0.5, 0.6) is 5.75 Å². The number of hydrogen-bond donors (Lipinski definition) is 3. The molecule has 0 heterocycles. The van der Waals surface area contributed by atoms with Crippen molar-refractivity contribution < 1.29 is 48.5 Å². The fourth-order valence-corrected chi connectivity index (χ4v) is 8.95. The summed E-state index contributed by atoms with van der Waals surface area (Å²) in [7, 11) is 2.99. The fraction of sp³-hybridized carbons (Fsp3) is 0.647. The first kappa shape index (κ1) is 32.5. The summed E-state index contributed by atoms with van der Waals surface area (Å²) in [5, 5.41) is 23.2. The Hall–Kier alpha value is -3.48. The highest BCUT2D eigenvalue weighted by atomic mass is 16.5. The number of carbonyl (C=O) groups is 6. The summed E-state index contributed by atoms with van der Waals surface area (Å²) < 4.78 is 12.6. The molecular weight excluding hydrogens is 596 g/mol. The number of rotatable bonds is 7. The SMILES string of the molecule is CN(C)C1C(=O)C(C(N)=O)C(=O)C2(O)C(=O)C3C(=O)c4c(O)cccc4C(COC4CCCC4)C3C(OC(=O)C3CCCCC3)C12. The summed E-state index contributed by atoms with van der Waals surface area (Å²) in [6, 6.07) is 3.10. The van der Waals surface area contributed by atoms with Crippen molar-refractivity contribution in [2.45, 2.75) is 87.6 Å². The molecule has 0 aliphatic heterocycles. The van der Waals surface area contributed by atoms with Crippen LogP contribution < -0.4 is 5.73 Å². The van der Waals surface area contributed by atoms with Crippen molar-refractivity contribution in [3.05, 3.63) is 29.3 Å². The Morgan fingerprint density at radius 2 is 1.63 bits per heavy atom. The van der Waals surface area contributed by atoms with E-state index >= 15 is 0 Å². The first-order valence-electron chi connectivity index (χ1n) is 16.4. The lowest BCUT2D eigenvalue weighted by atomic mass is 9.49. The third kappa shape index (κ3) is 5.00. The number of amides is 1. The van der Waals surface area contributed by atoms with Crippen molar-refractivity contribution in [3.8, 4) is 5.75 Å². The third-order valence-corrected chi connectivity index (χ3v) is 11.1.